The van der Waals surface area contributed by atoms with Gasteiger partial charge in [0.1, 0.15) is 5.75 Å². The van der Waals surface area contributed by atoms with E-state index < -0.39 is 0 Å². The molecule has 1 aromatic rings. The third-order valence-electron chi connectivity index (χ3n) is 3.48. The Morgan fingerprint density at radius 3 is 3.00 bits per heavy atom. The first-order chi connectivity index (χ1) is 8.19. The van der Waals surface area contributed by atoms with Crippen LogP contribution >= 0.6 is 0 Å². The Balaban J connectivity index is 1.96. The van der Waals surface area contributed by atoms with Gasteiger partial charge in [0.05, 0.1) is 7.11 Å². The summed E-state index contributed by atoms with van der Waals surface area (Å²) in [4.78, 5) is 2.45. The number of nitrogens with two attached hydrogens (primary N) is 1. The van der Waals surface area contributed by atoms with E-state index >= 15 is 0 Å². The molecule has 1 heterocycles. The number of rotatable bonds is 4. The van der Waals surface area contributed by atoms with Gasteiger partial charge >= 0.3 is 0 Å². The lowest BCUT2D eigenvalue weighted by Gasteiger charge is -2.21. The Kier molecular flexibility index (Phi) is 4.02. The summed E-state index contributed by atoms with van der Waals surface area (Å²) in [5.41, 5.74) is 7.40. The van der Waals surface area contributed by atoms with Crippen LogP contribution in [0.2, 0.25) is 0 Å². The highest BCUT2D eigenvalue weighted by molar-refractivity contribution is 5.30. The summed E-state index contributed by atoms with van der Waals surface area (Å²) < 4.78 is 5.22. The van der Waals surface area contributed by atoms with E-state index in [9.17, 15) is 0 Å². The fourth-order valence-corrected chi connectivity index (χ4v) is 2.45. The molecule has 1 aliphatic rings. The lowest BCUT2D eigenvalue weighted by molar-refractivity contribution is 0.306. The van der Waals surface area contributed by atoms with Gasteiger partial charge in [0, 0.05) is 19.1 Å². The minimum Gasteiger partial charge on any atom is -0.497 e. The molecule has 0 amide bonds. The van der Waals surface area contributed by atoms with Crippen molar-refractivity contribution in [2.45, 2.75) is 19.4 Å². The highest BCUT2D eigenvalue weighted by atomic mass is 16.5. The minimum atomic E-state index is 0.0791. The van der Waals surface area contributed by atoms with Gasteiger partial charge in [0.15, 0.2) is 0 Å². The predicted molar refractivity (Wildman–Crippen MR) is 70.1 cm³/mol. The summed E-state index contributed by atoms with van der Waals surface area (Å²) in [6.45, 7) is 5.60. The first-order valence-corrected chi connectivity index (χ1v) is 6.31. The van der Waals surface area contributed by atoms with E-state index in [1.54, 1.807) is 7.11 Å². The van der Waals surface area contributed by atoms with E-state index in [2.05, 4.69) is 17.9 Å². The molecule has 1 fully saturated rings. The van der Waals surface area contributed by atoms with Gasteiger partial charge in [-0.2, -0.15) is 0 Å². The van der Waals surface area contributed by atoms with Crippen molar-refractivity contribution in [2.75, 3.05) is 26.7 Å². The second-order valence-electron chi connectivity index (χ2n) is 5.04. The second kappa shape index (κ2) is 5.52. The van der Waals surface area contributed by atoms with Crippen molar-refractivity contribution < 1.29 is 4.74 Å². The standard InChI is InChI=1S/C14H22N2O/c1-11-6-7-16(9-11)10-14(15)12-4-3-5-13(8-12)17-2/h3-5,8,11,14H,6-7,9-10,15H2,1-2H3. The number of methoxy groups -OCH3 is 1. The summed E-state index contributed by atoms with van der Waals surface area (Å²) in [5.74, 6) is 1.69. The van der Waals surface area contributed by atoms with Crippen LogP contribution in [0.3, 0.4) is 0 Å². The number of ether oxygens (including phenoxy) is 1. The molecule has 0 aliphatic carbocycles. The average molecular weight is 234 g/mol. The quantitative estimate of drug-likeness (QED) is 0.866. The smallest absolute Gasteiger partial charge is 0.119 e. The van der Waals surface area contributed by atoms with Gasteiger partial charge in [-0.05, 0) is 36.6 Å². The van der Waals surface area contributed by atoms with Gasteiger partial charge < -0.3 is 15.4 Å². The summed E-state index contributed by atoms with van der Waals surface area (Å²) in [5, 5.41) is 0. The van der Waals surface area contributed by atoms with E-state index in [-0.39, 0.29) is 6.04 Å². The maximum Gasteiger partial charge on any atom is 0.119 e. The van der Waals surface area contributed by atoms with Gasteiger partial charge in [-0.15, -0.1) is 0 Å². The lowest BCUT2D eigenvalue weighted by Crippen LogP contribution is -2.30. The zero-order valence-corrected chi connectivity index (χ0v) is 10.7. The highest BCUT2D eigenvalue weighted by Crippen LogP contribution is 2.21. The van der Waals surface area contributed by atoms with Crippen LogP contribution in [-0.2, 0) is 0 Å². The first kappa shape index (κ1) is 12.4. The third-order valence-corrected chi connectivity index (χ3v) is 3.48. The number of likely N-dealkylation sites (tertiary alicyclic amines) is 1. The molecule has 0 saturated carbocycles. The maximum atomic E-state index is 6.25. The van der Waals surface area contributed by atoms with Crippen molar-refractivity contribution in [1.82, 2.24) is 4.90 Å². The van der Waals surface area contributed by atoms with E-state index in [0.717, 1.165) is 23.8 Å². The monoisotopic (exact) mass is 234 g/mol. The van der Waals surface area contributed by atoms with Gasteiger partial charge in [-0.1, -0.05) is 19.1 Å². The fraction of sp³-hybridized carbons (Fsp3) is 0.571. The van der Waals surface area contributed by atoms with Crippen LogP contribution in [-0.4, -0.2) is 31.6 Å². The van der Waals surface area contributed by atoms with Crippen LogP contribution in [0.5, 0.6) is 5.75 Å². The molecule has 0 spiro atoms. The summed E-state index contributed by atoms with van der Waals surface area (Å²) in [6, 6.07) is 8.14. The number of benzene rings is 1. The molecule has 2 N–H and O–H groups in total. The predicted octanol–water partition coefficient (Wildman–Crippen LogP) is 2.04. The molecule has 3 heteroatoms. The molecule has 17 heavy (non-hydrogen) atoms. The number of hydrogen-bond donors (Lipinski definition) is 1. The second-order valence-corrected chi connectivity index (χ2v) is 5.04. The average Bonchev–Trinajstić information content (AvgIpc) is 2.75. The molecule has 2 rings (SSSR count). The largest absolute Gasteiger partial charge is 0.497 e. The zero-order chi connectivity index (χ0) is 12.3. The zero-order valence-electron chi connectivity index (χ0n) is 10.7. The van der Waals surface area contributed by atoms with Crippen molar-refractivity contribution in [3.05, 3.63) is 29.8 Å². The normalized spacial score (nSPS) is 22.6. The molecular weight excluding hydrogens is 212 g/mol. The van der Waals surface area contributed by atoms with Crippen LogP contribution in [0.15, 0.2) is 24.3 Å². The van der Waals surface area contributed by atoms with Crippen LogP contribution in [0, 0.1) is 5.92 Å². The van der Waals surface area contributed by atoms with Gasteiger partial charge in [-0.3, -0.25) is 0 Å². The Labute approximate surface area is 104 Å². The fourth-order valence-electron chi connectivity index (χ4n) is 2.45. The van der Waals surface area contributed by atoms with E-state index in [1.807, 2.05) is 18.2 Å². The van der Waals surface area contributed by atoms with Gasteiger partial charge in [0.25, 0.3) is 0 Å². The molecule has 0 aromatic heterocycles. The topological polar surface area (TPSA) is 38.5 Å². The maximum absolute atomic E-state index is 6.25. The van der Waals surface area contributed by atoms with Crippen LogP contribution in [0.4, 0.5) is 0 Å². The minimum absolute atomic E-state index is 0.0791. The van der Waals surface area contributed by atoms with E-state index in [1.165, 1.54) is 19.5 Å². The van der Waals surface area contributed by atoms with Crippen molar-refractivity contribution in [3.8, 4) is 5.75 Å². The van der Waals surface area contributed by atoms with Crippen LogP contribution in [0.25, 0.3) is 0 Å². The Morgan fingerprint density at radius 1 is 1.53 bits per heavy atom. The molecule has 1 saturated heterocycles. The van der Waals surface area contributed by atoms with Crippen molar-refractivity contribution in [1.29, 1.82) is 0 Å². The molecule has 0 bridgehead atoms. The summed E-state index contributed by atoms with van der Waals surface area (Å²) >= 11 is 0. The van der Waals surface area contributed by atoms with Crippen molar-refractivity contribution in [2.24, 2.45) is 11.7 Å². The summed E-state index contributed by atoms with van der Waals surface area (Å²) in [6.07, 6.45) is 1.30. The number of hydrogen-bond acceptors (Lipinski definition) is 3. The van der Waals surface area contributed by atoms with E-state index in [0.29, 0.717) is 0 Å². The van der Waals surface area contributed by atoms with Crippen molar-refractivity contribution in [3.63, 3.8) is 0 Å². The molecule has 3 nitrogen and oxygen atoms in total. The molecular formula is C14H22N2O. The molecule has 0 radical (unpaired) electrons. The van der Waals surface area contributed by atoms with Crippen LogP contribution in [0.1, 0.15) is 24.9 Å². The molecule has 2 atom stereocenters. The van der Waals surface area contributed by atoms with Gasteiger partial charge in [-0.25, -0.2) is 0 Å². The summed E-state index contributed by atoms with van der Waals surface area (Å²) in [7, 11) is 1.69. The molecule has 1 aromatic carbocycles. The molecule has 94 valence electrons. The molecule has 2 unspecified atom stereocenters. The van der Waals surface area contributed by atoms with Crippen LogP contribution < -0.4 is 10.5 Å². The van der Waals surface area contributed by atoms with Gasteiger partial charge in [0.2, 0.25) is 0 Å². The first-order valence-electron chi connectivity index (χ1n) is 6.31. The van der Waals surface area contributed by atoms with E-state index in [4.69, 9.17) is 10.5 Å². The Hall–Kier alpha value is -1.06. The number of nitrogens with zero attached hydrogens (tertiary/aromatic N) is 1. The highest BCUT2D eigenvalue weighted by Gasteiger charge is 2.20. The lowest BCUT2D eigenvalue weighted by atomic mass is 10.1. The Bertz CT molecular complexity index is 367. The third kappa shape index (κ3) is 3.20. The molecule has 1 aliphatic heterocycles. The van der Waals surface area contributed by atoms with Crippen molar-refractivity contribution >= 4 is 0 Å². The Morgan fingerprint density at radius 2 is 2.35 bits per heavy atom. The SMILES string of the molecule is COc1cccc(C(N)CN2CCC(C)C2)c1.